The number of nitrogens with one attached hydrogen (secondary N) is 1. The second-order valence-corrected chi connectivity index (χ2v) is 15.7. The summed E-state index contributed by atoms with van der Waals surface area (Å²) in [6.07, 6.45) is 3.56. The first-order valence-corrected chi connectivity index (χ1v) is 17.8. The molecule has 0 aliphatic carbocycles. The van der Waals surface area contributed by atoms with Crippen LogP contribution in [-0.4, -0.2) is 105 Å². The lowest BCUT2D eigenvalue weighted by molar-refractivity contribution is 0.0122. The number of H-pyrrole nitrogens is 1. The minimum Gasteiger partial charge on any atom is -0.493 e. The SMILES string of the molecule is COc1c(F)c(-c2c(Cl)c(C)cc3[nH]ncc23)c(F)c2nc(OC[C@@]34CCCN3C[C@H](F)C4)nc(N3C[C@H]4CC[C@@H](C3)N4C(=O)OC(C)(C)C)c12. The molecule has 51 heavy (non-hydrogen) atoms. The number of ether oxygens (including phenoxy) is 3. The van der Waals surface area contributed by atoms with Crippen LogP contribution in [0, 0.1) is 18.6 Å². The van der Waals surface area contributed by atoms with Gasteiger partial charge in [-0.1, -0.05) is 11.6 Å². The Bertz CT molecular complexity index is 2040. The van der Waals surface area contributed by atoms with E-state index < -0.39 is 40.6 Å². The Labute approximate surface area is 298 Å². The zero-order valence-corrected chi connectivity index (χ0v) is 30.0. The van der Waals surface area contributed by atoms with Gasteiger partial charge in [-0.3, -0.25) is 14.9 Å². The number of nitrogens with zero attached hydrogens (tertiary/aromatic N) is 6. The molecule has 6 heterocycles. The second-order valence-electron chi connectivity index (χ2n) is 15.3. The molecule has 1 N–H and O–H groups in total. The third kappa shape index (κ3) is 5.60. The Kier molecular flexibility index (Phi) is 8.21. The van der Waals surface area contributed by atoms with Gasteiger partial charge in [-0.2, -0.15) is 15.1 Å². The molecular formula is C36H41ClF3N7O4. The zero-order chi connectivity index (χ0) is 36.0. The molecule has 4 atom stereocenters. The maximum atomic E-state index is 17.2. The maximum Gasteiger partial charge on any atom is 0.410 e. The van der Waals surface area contributed by atoms with Crippen molar-refractivity contribution >= 4 is 45.3 Å². The number of aromatic nitrogens is 4. The van der Waals surface area contributed by atoms with Crippen LogP contribution in [0.5, 0.6) is 11.8 Å². The summed E-state index contributed by atoms with van der Waals surface area (Å²) >= 11 is 6.78. The minimum atomic E-state index is -0.968. The number of piperazine rings is 1. The van der Waals surface area contributed by atoms with E-state index in [0.29, 0.717) is 42.5 Å². The van der Waals surface area contributed by atoms with Crippen molar-refractivity contribution in [3.63, 3.8) is 0 Å². The number of methoxy groups -OCH3 is 1. The molecule has 0 saturated carbocycles. The van der Waals surface area contributed by atoms with E-state index in [9.17, 15) is 9.18 Å². The van der Waals surface area contributed by atoms with Crippen molar-refractivity contribution in [3.05, 3.63) is 34.5 Å². The molecule has 0 radical (unpaired) electrons. The van der Waals surface area contributed by atoms with E-state index in [2.05, 4.69) is 20.1 Å². The van der Waals surface area contributed by atoms with E-state index in [4.69, 9.17) is 30.8 Å². The number of rotatable bonds is 6. The first-order valence-electron chi connectivity index (χ1n) is 17.5. The third-order valence-corrected chi connectivity index (χ3v) is 11.4. The summed E-state index contributed by atoms with van der Waals surface area (Å²) in [7, 11) is 1.31. The average Bonchev–Trinajstić information content (AvgIpc) is 3.82. The predicted molar refractivity (Wildman–Crippen MR) is 186 cm³/mol. The van der Waals surface area contributed by atoms with Gasteiger partial charge in [-0.15, -0.1) is 0 Å². The lowest BCUT2D eigenvalue weighted by Gasteiger charge is -2.42. The fourth-order valence-electron chi connectivity index (χ4n) is 8.72. The fraction of sp³-hybridized carbons (Fsp3) is 0.556. The molecule has 4 aliphatic heterocycles. The third-order valence-electron chi connectivity index (χ3n) is 10.9. The highest BCUT2D eigenvalue weighted by atomic mass is 35.5. The smallest absolute Gasteiger partial charge is 0.410 e. The number of carbonyl (C=O) groups excluding carboxylic acids is 1. The minimum absolute atomic E-state index is 0.0336. The number of aryl methyl sites for hydroxylation is 1. The van der Waals surface area contributed by atoms with Gasteiger partial charge in [0.05, 0.1) is 52.4 Å². The van der Waals surface area contributed by atoms with Crippen LogP contribution in [0.2, 0.25) is 5.02 Å². The van der Waals surface area contributed by atoms with Gasteiger partial charge in [-0.25, -0.2) is 18.0 Å². The van der Waals surface area contributed by atoms with E-state index >= 15 is 8.78 Å². The van der Waals surface area contributed by atoms with E-state index in [-0.39, 0.29) is 57.8 Å². The predicted octanol–water partition coefficient (Wildman–Crippen LogP) is 6.97. The largest absolute Gasteiger partial charge is 0.493 e. The summed E-state index contributed by atoms with van der Waals surface area (Å²) in [5.74, 6) is -1.97. The van der Waals surface area contributed by atoms with Crippen LogP contribution in [0.3, 0.4) is 0 Å². The topological polar surface area (TPSA) is 109 Å². The molecule has 4 fully saturated rings. The number of anilines is 1. The van der Waals surface area contributed by atoms with Gasteiger partial charge in [0.25, 0.3) is 0 Å². The molecule has 4 aliphatic rings. The molecule has 4 aromatic rings. The Morgan fingerprint density at radius 2 is 1.86 bits per heavy atom. The van der Waals surface area contributed by atoms with Crippen molar-refractivity contribution in [2.75, 3.05) is 44.8 Å². The second kappa shape index (κ2) is 12.3. The number of carbonyl (C=O) groups is 1. The van der Waals surface area contributed by atoms with E-state index in [1.807, 2.05) is 25.7 Å². The van der Waals surface area contributed by atoms with Crippen molar-refractivity contribution in [2.45, 2.75) is 89.2 Å². The van der Waals surface area contributed by atoms with Crippen molar-refractivity contribution in [1.82, 2.24) is 30.0 Å². The number of aromatic amines is 1. The Hall–Kier alpha value is -4.04. The van der Waals surface area contributed by atoms with Crippen LogP contribution in [0.1, 0.15) is 58.4 Å². The summed E-state index contributed by atoms with van der Waals surface area (Å²) in [6.45, 7) is 9.10. The van der Waals surface area contributed by atoms with Gasteiger partial charge >= 0.3 is 12.1 Å². The van der Waals surface area contributed by atoms with Crippen LogP contribution in [-0.2, 0) is 4.74 Å². The molecule has 8 rings (SSSR count). The van der Waals surface area contributed by atoms with Crippen LogP contribution in [0.15, 0.2) is 12.3 Å². The van der Waals surface area contributed by atoms with Gasteiger partial charge in [-0.05, 0) is 71.6 Å². The summed E-state index contributed by atoms with van der Waals surface area (Å²) in [5, 5.41) is 7.57. The summed E-state index contributed by atoms with van der Waals surface area (Å²) < 4.78 is 66.5. The van der Waals surface area contributed by atoms with Gasteiger partial charge in [0.1, 0.15) is 29.7 Å². The normalized spacial score (nSPS) is 24.9. The number of alkyl halides is 1. The van der Waals surface area contributed by atoms with E-state index in [1.165, 1.54) is 13.3 Å². The number of hydrogen-bond acceptors (Lipinski definition) is 9. The quantitative estimate of drug-likeness (QED) is 0.225. The van der Waals surface area contributed by atoms with Gasteiger partial charge < -0.3 is 19.1 Å². The molecule has 1 amide bonds. The summed E-state index contributed by atoms with van der Waals surface area (Å²) in [5.41, 5.74) is -0.545. The number of hydrogen-bond donors (Lipinski definition) is 1. The average molecular weight is 728 g/mol. The maximum absolute atomic E-state index is 17.2. The lowest BCUT2D eigenvalue weighted by Crippen LogP contribution is -2.57. The Morgan fingerprint density at radius 1 is 1.12 bits per heavy atom. The first-order chi connectivity index (χ1) is 24.3. The van der Waals surface area contributed by atoms with Gasteiger partial charge in [0.2, 0.25) is 0 Å². The summed E-state index contributed by atoms with van der Waals surface area (Å²) in [6, 6.07) is 1.19. The monoisotopic (exact) mass is 727 g/mol. The van der Waals surface area contributed by atoms with Gasteiger partial charge in [0.15, 0.2) is 17.4 Å². The molecule has 15 heteroatoms. The molecule has 0 spiro atoms. The number of halogens is 4. The highest BCUT2D eigenvalue weighted by Crippen LogP contribution is 2.48. The number of fused-ring (bicyclic) bond motifs is 5. The molecule has 272 valence electrons. The van der Waals surface area contributed by atoms with Crippen molar-refractivity contribution in [3.8, 4) is 22.9 Å². The highest BCUT2D eigenvalue weighted by Gasteiger charge is 2.50. The zero-order valence-electron chi connectivity index (χ0n) is 29.3. The molecule has 11 nitrogen and oxygen atoms in total. The molecule has 2 aromatic carbocycles. The van der Waals surface area contributed by atoms with E-state index in [0.717, 1.165) is 32.2 Å². The van der Waals surface area contributed by atoms with Crippen LogP contribution < -0.4 is 14.4 Å². The molecule has 2 bridgehead atoms. The Morgan fingerprint density at radius 3 is 2.57 bits per heavy atom. The Balaban J connectivity index is 1.28. The number of amides is 1. The van der Waals surface area contributed by atoms with Crippen LogP contribution >= 0.6 is 11.6 Å². The first kappa shape index (κ1) is 34.1. The van der Waals surface area contributed by atoms with Gasteiger partial charge in [0, 0.05) is 37.0 Å². The van der Waals surface area contributed by atoms with Crippen molar-refractivity contribution in [2.24, 2.45) is 0 Å². The van der Waals surface area contributed by atoms with Crippen molar-refractivity contribution in [1.29, 1.82) is 0 Å². The molecular weight excluding hydrogens is 687 g/mol. The van der Waals surface area contributed by atoms with Crippen LogP contribution in [0.4, 0.5) is 23.8 Å². The standard InChI is InChI=1S/C36H41ClF3N7O4/c1-18-11-23-22(13-41-44-23)24(27(18)37)25-28(39)30-26(31(49-5)29(25)40)32(43-33(42-30)50-17-36-9-6-10-46(36)14-19(38)12-36)45-15-20-7-8-21(16-45)47(20)34(48)51-35(2,3)4/h11,13,19-21H,6-10,12,14-17H2,1-5H3,(H,41,44)/t19-,20-,21+,36+/m1/s1. The van der Waals surface area contributed by atoms with E-state index in [1.54, 1.807) is 17.9 Å². The van der Waals surface area contributed by atoms with Crippen LogP contribution in [0.25, 0.3) is 32.9 Å². The highest BCUT2D eigenvalue weighted by molar-refractivity contribution is 6.36. The molecule has 2 aromatic heterocycles. The lowest BCUT2D eigenvalue weighted by atomic mass is 9.95. The fourth-order valence-corrected chi connectivity index (χ4v) is 8.97. The number of benzene rings is 2. The van der Waals surface area contributed by atoms with Crippen molar-refractivity contribution < 1.29 is 32.2 Å². The molecule has 0 unspecified atom stereocenters. The summed E-state index contributed by atoms with van der Waals surface area (Å²) in [4.78, 5) is 28.4. The molecule has 4 saturated heterocycles.